The first-order valence-corrected chi connectivity index (χ1v) is 10.4. The summed E-state index contributed by atoms with van der Waals surface area (Å²) in [7, 11) is 3.23. The van der Waals surface area contributed by atoms with Crippen LogP contribution in [-0.4, -0.2) is 33.2 Å². The first kappa shape index (κ1) is 20.9. The Kier molecular flexibility index (Phi) is 7.67. The van der Waals surface area contributed by atoms with Gasteiger partial charge < -0.3 is 14.8 Å². The van der Waals surface area contributed by atoms with Crippen LogP contribution in [0, 0.1) is 0 Å². The average molecular weight is 411 g/mol. The Morgan fingerprint density at radius 3 is 2.48 bits per heavy atom. The van der Waals surface area contributed by atoms with Gasteiger partial charge in [0, 0.05) is 11.4 Å². The van der Waals surface area contributed by atoms with Gasteiger partial charge in [0.05, 0.1) is 26.8 Å². The van der Waals surface area contributed by atoms with E-state index in [-0.39, 0.29) is 18.5 Å². The maximum absolute atomic E-state index is 12.3. The molecule has 0 aliphatic rings. The zero-order valence-corrected chi connectivity index (χ0v) is 17.5. The van der Waals surface area contributed by atoms with Gasteiger partial charge in [0.1, 0.15) is 0 Å². The maximum atomic E-state index is 12.3. The number of rotatable bonds is 10. The lowest BCUT2D eigenvalue weighted by Gasteiger charge is -2.18. The minimum Gasteiger partial charge on any atom is -0.493 e. The highest BCUT2D eigenvalue weighted by Gasteiger charge is 2.15. The van der Waals surface area contributed by atoms with Crippen molar-refractivity contribution in [3.8, 4) is 11.5 Å². The molecule has 1 aromatic heterocycles. The molecule has 1 amide bonds. The summed E-state index contributed by atoms with van der Waals surface area (Å²) in [5.74, 6) is 1.37. The van der Waals surface area contributed by atoms with Gasteiger partial charge in [0.15, 0.2) is 11.5 Å². The average Bonchev–Trinajstić information content (AvgIpc) is 3.29. The molecular formula is C23H26N2O3S. The molecule has 1 atom stereocenters. The summed E-state index contributed by atoms with van der Waals surface area (Å²) in [6.07, 6.45) is 0.721. The Hall–Kier alpha value is -2.83. The Morgan fingerprint density at radius 1 is 1.00 bits per heavy atom. The van der Waals surface area contributed by atoms with E-state index in [1.807, 2.05) is 42.5 Å². The van der Waals surface area contributed by atoms with Crippen LogP contribution in [-0.2, 0) is 11.2 Å². The first-order valence-electron chi connectivity index (χ1n) is 9.50. The summed E-state index contributed by atoms with van der Waals surface area (Å²) < 4.78 is 10.6. The third kappa shape index (κ3) is 5.82. The lowest BCUT2D eigenvalue weighted by Crippen LogP contribution is -2.36. The summed E-state index contributed by atoms with van der Waals surface area (Å²) in [4.78, 5) is 13.5. The van der Waals surface area contributed by atoms with Gasteiger partial charge in [-0.25, -0.2) is 0 Å². The molecule has 2 N–H and O–H groups in total. The number of ether oxygens (including phenoxy) is 2. The molecule has 0 aliphatic heterocycles. The smallest absolute Gasteiger partial charge is 0.233 e. The van der Waals surface area contributed by atoms with Gasteiger partial charge in [0.2, 0.25) is 5.91 Å². The Labute approximate surface area is 175 Å². The van der Waals surface area contributed by atoms with E-state index < -0.39 is 0 Å². The quantitative estimate of drug-likeness (QED) is 0.534. The van der Waals surface area contributed by atoms with Gasteiger partial charge >= 0.3 is 0 Å². The number of methoxy groups -OCH3 is 2. The highest BCUT2D eigenvalue weighted by Crippen LogP contribution is 2.28. The van der Waals surface area contributed by atoms with Crippen LogP contribution in [0.2, 0.25) is 0 Å². The summed E-state index contributed by atoms with van der Waals surface area (Å²) in [5.41, 5.74) is 2.23. The van der Waals surface area contributed by atoms with E-state index in [1.165, 1.54) is 4.88 Å². The van der Waals surface area contributed by atoms with E-state index in [9.17, 15) is 4.79 Å². The Morgan fingerprint density at radius 2 is 1.79 bits per heavy atom. The van der Waals surface area contributed by atoms with Crippen molar-refractivity contribution in [1.82, 2.24) is 10.6 Å². The van der Waals surface area contributed by atoms with Crippen molar-refractivity contribution >= 4 is 17.2 Å². The second kappa shape index (κ2) is 10.6. The topological polar surface area (TPSA) is 59.6 Å². The molecule has 0 radical (unpaired) electrons. The minimum absolute atomic E-state index is 0.00722. The molecule has 3 rings (SSSR count). The normalized spacial score (nSPS) is 11.7. The fourth-order valence-electron chi connectivity index (χ4n) is 3.12. The first-order chi connectivity index (χ1) is 14.2. The predicted octanol–water partition coefficient (Wildman–Crippen LogP) is 3.80. The van der Waals surface area contributed by atoms with Gasteiger partial charge in [-0.3, -0.25) is 10.1 Å². The molecule has 29 heavy (non-hydrogen) atoms. The number of carbonyl (C=O) groups is 1. The molecule has 1 heterocycles. The number of carbonyl (C=O) groups excluding carboxylic acids is 1. The van der Waals surface area contributed by atoms with Gasteiger partial charge in [-0.2, -0.15) is 0 Å². The molecule has 3 aromatic rings. The number of thiophene rings is 1. The van der Waals surface area contributed by atoms with E-state index in [0.29, 0.717) is 18.0 Å². The second-order valence-corrected chi connectivity index (χ2v) is 7.51. The van der Waals surface area contributed by atoms with Crippen LogP contribution < -0.4 is 20.1 Å². The van der Waals surface area contributed by atoms with E-state index in [0.717, 1.165) is 17.5 Å². The predicted molar refractivity (Wildman–Crippen MR) is 117 cm³/mol. The number of benzene rings is 2. The van der Waals surface area contributed by atoms with Crippen molar-refractivity contribution in [3.05, 3.63) is 82.0 Å². The third-order valence-electron chi connectivity index (χ3n) is 4.61. The molecule has 0 saturated heterocycles. The molecular weight excluding hydrogens is 384 g/mol. The Balaban J connectivity index is 1.51. The zero-order chi connectivity index (χ0) is 20.5. The van der Waals surface area contributed by atoms with Gasteiger partial charge in [-0.1, -0.05) is 42.5 Å². The molecule has 152 valence electrons. The highest BCUT2D eigenvalue weighted by molar-refractivity contribution is 7.10. The highest BCUT2D eigenvalue weighted by atomic mass is 32.1. The largest absolute Gasteiger partial charge is 0.493 e. The lowest BCUT2D eigenvalue weighted by atomic mass is 10.1. The molecule has 0 saturated carbocycles. The zero-order valence-electron chi connectivity index (χ0n) is 16.7. The van der Waals surface area contributed by atoms with Crippen molar-refractivity contribution in [2.75, 3.05) is 27.3 Å². The van der Waals surface area contributed by atoms with Gasteiger partial charge in [-0.15, -0.1) is 11.3 Å². The number of hydrogen-bond acceptors (Lipinski definition) is 5. The van der Waals surface area contributed by atoms with Crippen LogP contribution >= 0.6 is 11.3 Å². The van der Waals surface area contributed by atoms with Crippen molar-refractivity contribution in [3.63, 3.8) is 0 Å². The molecule has 6 heteroatoms. The van der Waals surface area contributed by atoms with E-state index in [2.05, 4.69) is 34.2 Å². The minimum atomic E-state index is -0.0250. The van der Waals surface area contributed by atoms with Crippen LogP contribution in [0.5, 0.6) is 11.5 Å². The Bertz CT molecular complexity index is 898. The maximum Gasteiger partial charge on any atom is 0.233 e. The van der Waals surface area contributed by atoms with E-state index in [1.54, 1.807) is 25.6 Å². The van der Waals surface area contributed by atoms with Crippen LogP contribution in [0.3, 0.4) is 0 Å². The second-order valence-electron chi connectivity index (χ2n) is 6.53. The van der Waals surface area contributed by atoms with Crippen molar-refractivity contribution in [1.29, 1.82) is 0 Å². The van der Waals surface area contributed by atoms with Gasteiger partial charge in [0.25, 0.3) is 0 Å². The monoisotopic (exact) mass is 410 g/mol. The van der Waals surface area contributed by atoms with Crippen molar-refractivity contribution < 1.29 is 14.3 Å². The number of nitrogens with one attached hydrogen (secondary N) is 2. The van der Waals surface area contributed by atoms with Crippen LogP contribution in [0.25, 0.3) is 0 Å². The molecule has 0 spiro atoms. The van der Waals surface area contributed by atoms with Gasteiger partial charge in [-0.05, 0) is 41.1 Å². The summed E-state index contributed by atoms with van der Waals surface area (Å²) >= 11 is 1.68. The molecule has 0 aliphatic carbocycles. The fraction of sp³-hybridized carbons (Fsp3) is 0.261. The van der Waals surface area contributed by atoms with E-state index >= 15 is 0 Å². The van der Waals surface area contributed by atoms with Crippen LogP contribution in [0.1, 0.15) is 22.0 Å². The fourth-order valence-corrected chi connectivity index (χ4v) is 3.95. The van der Waals surface area contributed by atoms with Crippen molar-refractivity contribution in [2.45, 2.75) is 12.5 Å². The van der Waals surface area contributed by atoms with E-state index in [4.69, 9.17) is 9.47 Å². The molecule has 5 nitrogen and oxygen atoms in total. The number of amides is 1. The van der Waals surface area contributed by atoms with Crippen molar-refractivity contribution in [2.24, 2.45) is 0 Å². The number of hydrogen-bond donors (Lipinski definition) is 2. The lowest BCUT2D eigenvalue weighted by molar-refractivity contribution is -0.120. The summed E-state index contributed by atoms with van der Waals surface area (Å²) in [6, 6.07) is 20.1. The molecule has 2 aromatic carbocycles. The molecule has 0 fully saturated rings. The summed E-state index contributed by atoms with van der Waals surface area (Å²) in [6.45, 7) is 0.814. The SMILES string of the molecule is COc1ccc(CCNC(=O)CN[C@H](c2ccccc2)c2cccs2)cc1OC. The van der Waals surface area contributed by atoms with Crippen LogP contribution in [0.4, 0.5) is 0 Å². The molecule has 0 bridgehead atoms. The standard InChI is InChI=1S/C23H26N2O3S/c1-27-19-11-10-17(15-20(19)28-2)12-13-24-22(26)16-25-23(21-9-6-14-29-21)18-7-4-3-5-8-18/h3-11,14-15,23,25H,12-13,16H2,1-2H3,(H,24,26)/t23-/m1/s1. The van der Waals surface area contributed by atoms with Crippen LogP contribution in [0.15, 0.2) is 66.0 Å². The summed E-state index contributed by atoms with van der Waals surface area (Å²) in [5, 5.41) is 8.41. The third-order valence-corrected chi connectivity index (χ3v) is 5.55. The molecule has 0 unspecified atom stereocenters.